The molecule has 2 aromatic rings. The molecular formula is C20H20F3N3O3. The Hall–Kier alpha value is -3.23. The van der Waals surface area contributed by atoms with Gasteiger partial charge >= 0.3 is 12.4 Å². The van der Waals surface area contributed by atoms with E-state index >= 15 is 0 Å². The molecule has 0 saturated carbocycles. The fraction of sp³-hybridized carbons (Fsp3) is 0.300. The summed E-state index contributed by atoms with van der Waals surface area (Å²) in [4.78, 5) is 25.4. The van der Waals surface area contributed by atoms with Crippen LogP contribution in [0.1, 0.15) is 24.0 Å². The van der Waals surface area contributed by atoms with Crippen LogP contribution in [-0.4, -0.2) is 24.8 Å². The monoisotopic (exact) mass is 407 g/mol. The molecule has 0 radical (unpaired) electrons. The maximum Gasteiger partial charge on any atom is 0.573 e. The number of urea groups is 1. The van der Waals surface area contributed by atoms with Crippen molar-refractivity contribution in [3.8, 4) is 5.75 Å². The van der Waals surface area contributed by atoms with E-state index in [1.165, 1.54) is 24.3 Å². The highest BCUT2D eigenvalue weighted by Gasteiger charge is 2.30. The largest absolute Gasteiger partial charge is 0.573 e. The first-order chi connectivity index (χ1) is 13.8. The molecule has 0 spiro atoms. The molecule has 2 aromatic carbocycles. The second kappa shape index (κ2) is 8.85. The molecular weight excluding hydrogens is 387 g/mol. The lowest BCUT2D eigenvalue weighted by molar-refractivity contribution is -0.274. The Morgan fingerprint density at radius 2 is 1.52 bits per heavy atom. The standard InChI is InChI=1S/C20H20F3N3O3/c21-20(22,23)29-17-9-5-15(6-10-17)13-25-19(28)24-12-14-3-7-16(8-4-14)26-11-1-2-18(26)27/h3-10H,1-2,11-13H2,(H2,24,25,28). The van der Waals surface area contributed by atoms with Gasteiger partial charge in [0.25, 0.3) is 0 Å². The van der Waals surface area contributed by atoms with E-state index in [1.807, 2.05) is 24.3 Å². The molecule has 0 unspecified atom stereocenters. The van der Waals surface area contributed by atoms with Crippen LogP contribution < -0.4 is 20.3 Å². The molecule has 0 bridgehead atoms. The van der Waals surface area contributed by atoms with Crippen molar-refractivity contribution in [2.45, 2.75) is 32.3 Å². The first-order valence-corrected chi connectivity index (χ1v) is 9.06. The molecule has 9 heteroatoms. The minimum Gasteiger partial charge on any atom is -0.406 e. The number of ether oxygens (including phenoxy) is 1. The highest BCUT2D eigenvalue weighted by atomic mass is 19.4. The summed E-state index contributed by atoms with van der Waals surface area (Å²) >= 11 is 0. The van der Waals surface area contributed by atoms with Crippen LogP contribution in [-0.2, 0) is 17.9 Å². The number of nitrogens with zero attached hydrogens (tertiary/aromatic N) is 1. The van der Waals surface area contributed by atoms with E-state index in [0.717, 1.165) is 24.2 Å². The van der Waals surface area contributed by atoms with Gasteiger partial charge in [0.2, 0.25) is 5.91 Å². The highest BCUT2D eigenvalue weighted by molar-refractivity contribution is 5.95. The third kappa shape index (κ3) is 6.13. The quantitative estimate of drug-likeness (QED) is 0.767. The fourth-order valence-electron chi connectivity index (χ4n) is 2.95. The van der Waals surface area contributed by atoms with E-state index < -0.39 is 12.4 Å². The van der Waals surface area contributed by atoms with Crippen LogP contribution in [0.25, 0.3) is 0 Å². The van der Waals surface area contributed by atoms with Gasteiger partial charge in [-0.1, -0.05) is 24.3 Å². The smallest absolute Gasteiger partial charge is 0.406 e. The summed E-state index contributed by atoms with van der Waals surface area (Å²) in [5.41, 5.74) is 2.36. The van der Waals surface area contributed by atoms with Crippen molar-refractivity contribution in [1.29, 1.82) is 0 Å². The van der Waals surface area contributed by atoms with Gasteiger partial charge in [-0.25, -0.2) is 4.79 Å². The average Bonchev–Trinajstić information content (AvgIpc) is 3.11. The molecule has 1 fully saturated rings. The van der Waals surface area contributed by atoms with E-state index in [0.29, 0.717) is 18.5 Å². The molecule has 29 heavy (non-hydrogen) atoms. The lowest BCUT2D eigenvalue weighted by Crippen LogP contribution is -2.34. The second-order valence-corrected chi connectivity index (χ2v) is 6.54. The Balaban J connectivity index is 1.42. The predicted molar refractivity (Wildman–Crippen MR) is 100 cm³/mol. The fourth-order valence-corrected chi connectivity index (χ4v) is 2.95. The van der Waals surface area contributed by atoms with Crippen LogP contribution in [0.3, 0.4) is 0 Å². The normalized spacial score (nSPS) is 14.0. The van der Waals surface area contributed by atoms with Gasteiger partial charge in [0.15, 0.2) is 0 Å². The maximum atomic E-state index is 12.1. The number of carbonyl (C=O) groups is 2. The van der Waals surface area contributed by atoms with Crippen LogP contribution in [0.2, 0.25) is 0 Å². The van der Waals surface area contributed by atoms with Crippen LogP contribution in [0.15, 0.2) is 48.5 Å². The van der Waals surface area contributed by atoms with Gasteiger partial charge in [-0.2, -0.15) is 0 Å². The zero-order valence-corrected chi connectivity index (χ0v) is 15.5. The number of hydrogen-bond donors (Lipinski definition) is 2. The van der Waals surface area contributed by atoms with Gasteiger partial charge in [0.05, 0.1) is 0 Å². The van der Waals surface area contributed by atoms with E-state index in [2.05, 4.69) is 15.4 Å². The first-order valence-electron chi connectivity index (χ1n) is 9.06. The predicted octanol–water partition coefficient (Wildman–Crippen LogP) is 3.71. The number of rotatable bonds is 6. The van der Waals surface area contributed by atoms with Crippen molar-refractivity contribution in [2.24, 2.45) is 0 Å². The van der Waals surface area contributed by atoms with Crippen molar-refractivity contribution in [2.75, 3.05) is 11.4 Å². The number of amides is 3. The zero-order chi connectivity index (χ0) is 20.9. The van der Waals surface area contributed by atoms with Gasteiger partial charge in [-0.15, -0.1) is 13.2 Å². The van der Waals surface area contributed by atoms with Gasteiger partial charge in [-0.3, -0.25) is 4.79 Å². The molecule has 3 amide bonds. The zero-order valence-electron chi connectivity index (χ0n) is 15.5. The molecule has 0 aliphatic carbocycles. The summed E-state index contributed by atoms with van der Waals surface area (Å²) in [6, 6.07) is 12.3. The number of nitrogens with one attached hydrogen (secondary N) is 2. The van der Waals surface area contributed by atoms with Crippen LogP contribution in [0, 0.1) is 0 Å². The molecule has 0 aromatic heterocycles. The topological polar surface area (TPSA) is 70.7 Å². The Bertz CT molecular complexity index is 852. The van der Waals surface area contributed by atoms with Gasteiger partial charge in [-0.05, 0) is 41.8 Å². The number of alkyl halides is 3. The lowest BCUT2D eigenvalue weighted by Gasteiger charge is -2.16. The molecule has 154 valence electrons. The van der Waals surface area contributed by atoms with E-state index in [9.17, 15) is 22.8 Å². The Kier molecular flexibility index (Phi) is 6.26. The first kappa shape index (κ1) is 20.5. The highest BCUT2D eigenvalue weighted by Crippen LogP contribution is 2.23. The summed E-state index contributed by atoms with van der Waals surface area (Å²) in [7, 11) is 0. The van der Waals surface area contributed by atoms with E-state index in [1.54, 1.807) is 4.90 Å². The van der Waals surface area contributed by atoms with Crippen molar-refractivity contribution in [3.63, 3.8) is 0 Å². The van der Waals surface area contributed by atoms with Crippen molar-refractivity contribution in [1.82, 2.24) is 10.6 Å². The number of halogens is 3. The van der Waals surface area contributed by atoms with Crippen LogP contribution >= 0.6 is 0 Å². The van der Waals surface area contributed by atoms with Crippen LogP contribution in [0.4, 0.5) is 23.7 Å². The third-order valence-corrected chi connectivity index (χ3v) is 4.38. The van der Waals surface area contributed by atoms with Crippen molar-refractivity contribution < 1.29 is 27.5 Å². The van der Waals surface area contributed by atoms with Crippen molar-refractivity contribution in [3.05, 3.63) is 59.7 Å². The summed E-state index contributed by atoms with van der Waals surface area (Å²) in [6.07, 6.45) is -3.30. The Morgan fingerprint density at radius 3 is 2.00 bits per heavy atom. The minimum absolute atomic E-state index is 0.119. The molecule has 1 saturated heterocycles. The Morgan fingerprint density at radius 1 is 0.966 bits per heavy atom. The number of hydrogen-bond acceptors (Lipinski definition) is 3. The molecule has 6 nitrogen and oxygen atoms in total. The third-order valence-electron chi connectivity index (χ3n) is 4.38. The SMILES string of the molecule is O=C(NCc1ccc(OC(F)(F)F)cc1)NCc1ccc(N2CCCC2=O)cc1. The van der Waals surface area contributed by atoms with E-state index in [4.69, 9.17) is 0 Å². The van der Waals surface area contributed by atoms with Gasteiger partial charge < -0.3 is 20.3 Å². The molecule has 3 rings (SSSR count). The van der Waals surface area contributed by atoms with Crippen LogP contribution in [0.5, 0.6) is 5.75 Å². The second-order valence-electron chi connectivity index (χ2n) is 6.54. The number of carbonyl (C=O) groups excluding carboxylic acids is 2. The number of benzene rings is 2. The maximum absolute atomic E-state index is 12.1. The Labute approximate surface area is 165 Å². The molecule has 1 aliphatic rings. The molecule has 2 N–H and O–H groups in total. The van der Waals surface area contributed by atoms with E-state index in [-0.39, 0.29) is 18.2 Å². The summed E-state index contributed by atoms with van der Waals surface area (Å²) in [5, 5.41) is 5.34. The average molecular weight is 407 g/mol. The summed E-state index contributed by atoms with van der Waals surface area (Å²) < 4.78 is 40.2. The minimum atomic E-state index is -4.73. The van der Waals surface area contributed by atoms with Gasteiger partial charge in [0.1, 0.15) is 5.75 Å². The molecule has 1 aliphatic heterocycles. The number of anilines is 1. The molecule has 1 heterocycles. The van der Waals surface area contributed by atoms with Gasteiger partial charge in [0, 0.05) is 31.7 Å². The summed E-state index contributed by atoms with van der Waals surface area (Å²) in [6.45, 7) is 1.19. The lowest BCUT2D eigenvalue weighted by atomic mass is 10.2. The summed E-state index contributed by atoms with van der Waals surface area (Å²) in [5.74, 6) is -0.196. The van der Waals surface area contributed by atoms with Crippen molar-refractivity contribution >= 4 is 17.6 Å². The molecule has 0 atom stereocenters.